The molecule has 4 rings (SSSR count). The molecular weight excluding hydrogens is 555 g/mol. The molecule has 0 atom stereocenters. The fourth-order valence-electron chi connectivity index (χ4n) is 4.30. The summed E-state index contributed by atoms with van der Waals surface area (Å²) >= 11 is 12.2. The van der Waals surface area contributed by atoms with Crippen LogP contribution in [0.2, 0.25) is 10.0 Å². The van der Waals surface area contributed by atoms with Crippen molar-refractivity contribution in [3.05, 3.63) is 87.0 Å². The van der Waals surface area contributed by atoms with Crippen LogP contribution in [0.3, 0.4) is 0 Å². The number of carbonyl (C=O) groups is 3. The van der Waals surface area contributed by atoms with Crippen molar-refractivity contribution in [2.45, 2.75) is 26.2 Å². The summed E-state index contributed by atoms with van der Waals surface area (Å²) in [6, 6.07) is 12.8. The van der Waals surface area contributed by atoms with Crippen LogP contribution in [0.5, 0.6) is 5.75 Å². The predicted octanol–water partition coefficient (Wildman–Crippen LogP) is 5.43. The lowest BCUT2D eigenvalue weighted by Crippen LogP contribution is -2.27. The minimum atomic E-state index is -0.604. The average Bonchev–Trinajstić information content (AvgIpc) is 3.49. The van der Waals surface area contributed by atoms with Crippen molar-refractivity contribution in [1.82, 2.24) is 9.88 Å². The first-order valence-electron chi connectivity index (χ1n) is 12.8. The van der Waals surface area contributed by atoms with Crippen molar-refractivity contribution >= 4 is 52.5 Å². The van der Waals surface area contributed by atoms with Gasteiger partial charge in [-0.05, 0) is 44.0 Å². The number of hydrogen-bond acceptors (Lipinski definition) is 7. The van der Waals surface area contributed by atoms with Crippen LogP contribution in [-0.2, 0) is 16.0 Å². The zero-order chi connectivity index (χ0) is 28.6. The lowest BCUT2D eigenvalue weighted by atomic mass is 9.96. The first kappa shape index (κ1) is 29.0. The normalized spacial score (nSPS) is 12.6. The van der Waals surface area contributed by atoms with Crippen molar-refractivity contribution in [1.29, 1.82) is 5.41 Å². The molecule has 0 radical (unpaired) electrons. The molecule has 1 aliphatic heterocycles. The van der Waals surface area contributed by atoms with Gasteiger partial charge in [0.1, 0.15) is 17.4 Å². The Morgan fingerprint density at radius 3 is 2.35 bits per heavy atom. The molecule has 0 spiro atoms. The second-order valence-electron chi connectivity index (χ2n) is 9.06. The minimum absolute atomic E-state index is 0.0869. The molecule has 0 unspecified atom stereocenters. The van der Waals surface area contributed by atoms with Gasteiger partial charge in [-0.1, -0.05) is 47.5 Å². The number of rotatable bonds is 10. The molecule has 0 aliphatic carbocycles. The summed E-state index contributed by atoms with van der Waals surface area (Å²) in [6.45, 7) is 3.12. The molecule has 1 aromatic heterocycles. The largest absolute Gasteiger partial charge is 0.482 e. The Kier molecular flexibility index (Phi) is 9.74. The highest BCUT2D eigenvalue weighted by atomic mass is 35.5. The molecule has 0 saturated carbocycles. The Morgan fingerprint density at radius 1 is 1.00 bits per heavy atom. The second-order valence-corrected chi connectivity index (χ2v) is 9.93. The molecule has 40 heavy (non-hydrogen) atoms. The Morgan fingerprint density at radius 2 is 1.70 bits per heavy atom. The number of ketones is 1. The van der Waals surface area contributed by atoms with Crippen LogP contribution in [0.25, 0.3) is 0 Å². The van der Waals surface area contributed by atoms with Gasteiger partial charge in [-0.2, -0.15) is 0 Å². The van der Waals surface area contributed by atoms with Crippen molar-refractivity contribution in [2.75, 3.05) is 31.6 Å². The summed E-state index contributed by atoms with van der Waals surface area (Å²) in [6.07, 6.45) is 3.30. The smallest absolute Gasteiger partial charge is 0.344 e. The molecule has 11 heteroatoms. The molecule has 2 heterocycles. The Hall–Kier alpha value is -3.95. The number of carbonyl (C=O) groups excluding carboxylic acids is 3. The van der Waals surface area contributed by atoms with E-state index in [0.717, 1.165) is 31.5 Å². The van der Waals surface area contributed by atoms with E-state index in [2.05, 4.69) is 10.3 Å². The van der Waals surface area contributed by atoms with Gasteiger partial charge in [-0.3, -0.25) is 15.0 Å². The highest BCUT2D eigenvalue weighted by molar-refractivity contribution is 6.31. The molecule has 1 fully saturated rings. The van der Waals surface area contributed by atoms with Crippen LogP contribution in [0.4, 0.5) is 5.82 Å². The summed E-state index contributed by atoms with van der Waals surface area (Å²) in [5.41, 5.74) is 1.46. The predicted molar refractivity (Wildman–Crippen MR) is 153 cm³/mol. The van der Waals surface area contributed by atoms with Gasteiger partial charge in [0, 0.05) is 53.0 Å². The van der Waals surface area contributed by atoms with Crippen molar-refractivity contribution in [3.63, 3.8) is 0 Å². The molecule has 2 N–H and O–H groups in total. The van der Waals surface area contributed by atoms with Crippen LogP contribution >= 0.6 is 23.2 Å². The zero-order valence-corrected chi connectivity index (χ0v) is 23.3. The van der Waals surface area contributed by atoms with E-state index in [1.165, 1.54) is 24.4 Å². The van der Waals surface area contributed by atoms with E-state index < -0.39 is 18.5 Å². The van der Waals surface area contributed by atoms with E-state index in [9.17, 15) is 14.4 Å². The van der Waals surface area contributed by atoms with Gasteiger partial charge in [-0.15, -0.1) is 0 Å². The van der Waals surface area contributed by atoms with Gasteiger partial charge in [-0.25, -0.2) is 9.78 Å². The van der Waals surface area contributed by atoms with Gasteiger partial charge < -0.3 is 19.7 Å². The third kappa shape index (κ3) is 7.37. The molecule has 208 valence electrons. The number of likely N-dealkylation sites (tertiary alicyclic amines) is 1. The number of halogens is 2. The van der Waals surface area contributed by atoms with E-state index in [1.807, 2.05) is 4.90 Å². The molecule has 1 amide bonds. The maximum atomic E-state index is 13.4. The van der Waals surface area contributed by atoms with Crippen LogP contribution < -0.4 is 10.1 Å². The molecular formula is C29H28Cl2N4O5. The van der Waals surface area contributed by atoms with E-state index in [-0.39, 0.29) is 46.5 Å². The quantitative estimate of drug-likeness (QED) is 0.141. The van der Waals surface area contributed by atoms with Crippen molar-refractivity contribution in [3.8, 4) is 5.75 Å². The lowest BCUT2D eigenvalue weighted by Gasteiger charge is -2.18. The third-order valence-electron chi connectivity index (χ3n) is 6.28. The number of benzene rings is 2. The number of hydrogen-bond donors (Lipinski definition) is 2. The number of esters is 1. The maximum Gasteiger partial charge on any atom is 0.344 e. The number of nitrogens with zero attached hydrogens (tertiary/aromatic N) is 2. The van der Waals surface area contributed by atoms with Crippen molar-refractivity contribution < 1.29 is 23.9 Å². The number of anilines is 1. The summed E-state index contributed by atoms with van der Waals surface area (Å²) in [5.74, 6) is -0.685. The Bertz CT molecular complexity index is 1410. The van der Waals surface area contributed by atoms with Gasteiger partial charge in [0.2, 0.25) is 0 Å². The number of Topliss-reactive ketones (excluding diaryl/α,β-unsaturated/α-hetero) is 1. The fraction of sp³-hybridized carbons (Fsp3) is 0.276. The summed E-state index contributed by atoms with van der Waals surface area (Å²) in [7, 11) is 0. The van der Waals surface area contributed by atoms with E-state index in [4.69, 9.17) is 38.1 Å². The minimum Gasteiger partial charge on any atom is -0.482 e. The SMILES string of the molecule is CCOC(=O)COc1cc(Cl)cc(C(=O)Nc2ccc(Cl)cn2)c1CC(=O)c1ccc(C(=N)N2CCCC2)cc1. The average molecular weight is 583 g/mol. The van der Waals surface area contributed by atoms with Crippen molar-refractivity contribution in [2.24, 2.45) is 0 Å². The second kappa shape index (κ2) is 13.4. The van der Waals surface area contributed by atoms with Crippen LogP contribution in [-0.4, -0.2) is 59.7 Å². The maximum absolute atomic E-state index is 13.4. The summed E-state index contributed by atoms with van der Waals surface area (Å²) in [4.78, 5) is 44.7. The number of aromatic nitrogens is 1. The van der Waals surface area contributed by atoms with Gasteiger partial charge in [0.05, 0.1) is 11.6 Å². The van der Waals surface area contributed by atoms with E-state index in [0.29, 0.717) is 16.4 Å². The molecule has 0 bridgehead atoms. The van der Waals surface area contributed by atoms with Gasteiger partial charge >= 0.3 is 5.97 Å². The first-order valence-corrected chi connectivity index (χ1v) is 13.5. The third-order valence-corrected chi connectivity index (χ3v) is 6.72. The summed E-state index contributed by atoms with van der Waals surface area (Å²) < 4.78 is 10.6. The molecule has 2 aromatic carbocycles. The number of amides is 1. The van der Waals surface area contributed by atoms with Crippen LogP contribution in [0, 0.1) is 5.41 Å². The van der Waals surface area contributed by atoms with Gasteiger partial charge in [0.15, 0.2) is 12.4 Å². The molecule has 9 nitrogen and oxygen atoms in total. The fourth-order valence-corrected chi connectivity index (χ4v) is 4.62. The van der Waals surface area contributed by atoms with Crippen LogP contribution in [0.1, 0.15) is 51.6 Å². The Balaban J connectivity index is 1.61. The Labute approximate surface area is 241 Å². The van der Waals surface area contributed by atoms with E-state index >= 15 is 0 Å². The van der Waals surface area contributed by atoms with Crippen LogP contribution in [0.15, 0.2) is 54.7 Å². The molecule has 1 aliphatic rings. The lowest BCUT2D eigenvalue weighted by molar-refractivity contribution is -0.145. The molecule has 1 saturated heterocycles. The number of pyridine rings is 1. The number of amidine groups is 1. The van der Waals surface area contributed by atoms with Gasteiger partial charge in [0.25, 0.3) is 5.91 Å². The number of ether oxygens (including phenoxy) is 2. The summed E-state index contributed by atoms with van der Waals surface area (Å²) in [5, 5.41) is 11.7. The standard InChI is InChI=1S/C29H28Cl2N4O5/c1-2-39-27(37)17-40-25-14-21(31)13-23(29(38)34-26-10-9-20(30)16-33-26)22(25)15-24(36)18-5-7-19(8-6-18)28(32)35-11-3-4-12-35/h5-10,13-14,16,32H,2-4,11-12,15,17H2,1H3,(H,33,34,38). The monoisotopic (exact) mass is 582 g/mol. The van der Waals surface area contributed by atoms with E-state index in [1.54, 1.807) is 37.3 Å². The first-order chi connectivity index (χ1) is 19.2. The zero-order valence-electron chi connectivity index (χ0n) is 21.8. The highest BCUT2D eigenvalue weighted by Crippen LogP contribution is 2.30. The molecule has 3 aromatic rings. The highest BCUT2D eigenvalue weighted by Gasteiger charge is 2.23. The number of nitrogens with one attached hydrogen (secondary N) is 2. The topological polar surface area (TPSA) is 122 Å².